The first-order chi connectivity index (χ1) is 23.1. The summed E-state index contributed by atoms with van der Waals surface area (Å²) in [7, 11) is -2.41. The molecule has 1 aliphatic rings. The molecule has 0 bridgehead atoms. The van der Waals surface area contributed by atoms with Gasteiger partial charge in [0, 0.05) is 31.7 Å². The highest BCUT2D eigenvalue weighted by atomic mass is 32.2. The molecule has 4 rings (SSSR count). The van der Waals surface area contributed by atoms with E-state index in [2.05, 4.69) is 15.4 Å². The number of likely N-dealkylation sites (tertiary alicyclic amines) is 1. The molecule has 14 heteroatoms. The molecule has 1 fully saturated rings. The number of sulfonamides is 1. The number of likely N-dealkylation sites (N-methyl/N-ethyl adjacent to an activating group) is 1. The maximum Gasteiger partial charge on any atom is 0.246 e. The molecule has 3 aromatic carbocycles. The number of nitrogens with zero attached hydrogens (tertiary/aromatic N) is 2. The minimum absolute atomic E-state index is 0.0415. The largest absolute Gasteiger partial charge is 0.342 e. The Balaban J connectivity index is 1.52. The van der Waals surface area contributed by atoms with Crippen LogP contribution in [0.15, 0.2) is 76.5 Å². The number of rotatable bonds is 14. The Bertz CT molecular complexity index is 1780. The Labute approximate surface area is 291 Å². The third-order valence-corrected chi connectivity index (χ3v) is 11.0. The third kappa shape index (κ3) is 9.94. The number of carbonyl (C=O) groups is 3. The van der Waals surface area contributed by atoms with E-state index in [9.17, 15) is 31.6 Å². The van der Waals surface area contributed by atoms with E-state index in [0.717, 1.165) is 12.0 Å². The molecule has 1 unspecified atom stereocenters. The maximum atomic E-state index is 14.0. The van der Waals surface area contributed by atoms with E-state index in [0.29, 0.717) is 36.7 Å². The van der Waals surface area contributed by atoms with Crippen molar-refractivity contribution in [3.8, 4) is 0 Å². The number of thiol groups is 1. The smallest absolute Gasteiger partial charge is 0.246 e. The number of nitrogens with one attached hydrogen (secondary N) is 3. The lowest BCUT2D eigenvalue weighted by Gasteiger charge is -2.37. The Hall–Kier alpha value is -3.69. The zero-order valence-electron chi connectivity index (χ0n) is 28.7. The molecule has 266 valence electrons. The van der Waals surface area contributed by atoms with Crippen LogP contribution in [0.4, 0.5) is 0 Å². The van der Waals surface area contributed by atoms with Crippen molar-refractivity contribution in [2.24, 2.45) is 5.41 Å². The van der Waals surface area contributed by atoms with Gasteiger partial charge in [-0.3, -0.25) is 14.4 Å². The van der Waals surface area contributed by atoms with Crippen molar-refractivity contribution in [1.29, 1.82) is 0 Å². The minimum atomic E-state index is -4.09. The molecule has 0 radical (unpaired) electrons. The first-order valence-corrected chi connectivity index (χ1v) is 19.1. The van der Waals surface area contributed by atoms with Gasteiger partial charge < -0.3 is 20.4 Å². The molecule has 12 nitrogen and oxygen atoms in total. The second kappa shape index (κ2) is 16.3. The van der Waals surface area contributed by atoms with E-state index < -0.39 is 51.1 Å². The molecule has 4 N–H and O–H groups in total. The normalized spacial score (nSPS) is 17.0. The van der Waals surface area contributed by atoms with Crippen LogP contribution in [0, 0.1) is 5.41 Å². The van der Waals surface area contributed by atoms with E-state index in [1.807, 2.05) is 51.1 Å². The van der Waals surface area contributed by atoms with E-state index in [4.69, 9.17) is 0 Å². The summed E-state index contributed by atoms with van der Waals surface area (Å²) in [6.45, 7) is 7.95. The van der Waals surface area contributed by atoms with Crippen molar-refractivity contribution in [3.63, 3.8) is 0 Å². The number of carbonyl (C=O) groups excluding carboxylic acids is 3. The van der Waals surface area contributed by atoms with Gasteiger partial charge in [-0.15, -0.1) is 0 Å². The van der Waals surface area contributed by atoms with Crippen LogP contribution in [0.5, 0.6) is 0 Å². The van der Waals surface area contributed by atoms with Crippen molar-refractivity contribution in [2.45, 2.75) is 74.9 Å². The summed E-state index contributed by atoms with van der Waals surface area (Å²) in [5, 5.41) is 7.00. The summed E-state index contributed by atoms with van der Waals surface area (Å²) in [6.07, 6.45) is 1.93. The van der Waals surface area contributed by atoms with Crippen molar-refractivity contribution >= 4 is 49.6 Å². The standard InChI is InChI=1S/C35H47N5O7S2/c1-24(36-5)33(42)38-32(35(2,3)4)34(43)40-18-9-12-28(40)23-39(19-17-25-10-7-6-8-11-25)31(41)22-37-49(46,47)30-16-14-26-20-29(48(44)45)15-13-27(26)21-30/h6-8,10-11,13-16,20-21,24,28,32,36-37H,9,12,17-19,22-23H2,1-5H3,(H,38,42)(H,44,45)/p+1/t24-,28-,32+/m0/s1. The number of hydrogen-bond donors (Lipinski definition) is 4. The zero-order chi connectivity index (χ0) is 35.9. The maximum absolute atomic E-state index is 14.0. The average Bonchev–Trinajstić information content (AvgIpc) is 3.54. The van der Waals surface area contributed by atoms with E-state index in [1.54, 1.807) is 35.9 Å². The summed E-state index contributed by atoms with van der Waals surface area (Å²) < 4.78 is 49.9. The molecular formula is C35H48N5O7S2+. The topological polar surface area (TPSA) is 165 Å². The molecule has 1 aliphatic heterocycles. The summed E-state index contributed by atoms with van der Waals surface area (Å²) in [6, 6.07) is 17.0. The molecule has 3 amide bonds. The van der Waals surface area contributed by atoms with Gasteiger partial charge in [-0.25, -0.2) is 13.1 Å². The molecule has 0 aliphatic carbocycles. The van der Waals surface area contributed by atoms with Gasteiger partial charge in [-0.2, -0.15) is 4.55 Å². The number of benzene rings is 3. The lowest BCUT2D eigenvalue weighted by Crippen LogP contribution is -2.59. The van der Waals surface area contributed by atoms with Crippen LogP contribution in [0.25, 0.3) is 10.8 Å². The first kappa shape index (κ1) is 38.1. The van der Waals surface area contributed by atoms with Crippen LogP contribution in [-0.2, 0) is 46.1 Å². The number of fused-ring (bicyclic) bond motifs is 1. The van der Waals surface area contributed by atoms with Crippen LogP contribution in [0.2, 0.25) is 0 Å². The third-order valence-electron chi connectivity index (χ3n) is 8.92. The zero-order valence-corrected chi connectivity index (χ0v) is 30.4. The van der Waals surface area contributed by atoms with E-state index >= 15 is 0 Å². The van der Waals surface area contributed by atoms with Gasteiger partial charge in [0.1, 0.15) is 6.04 Å². The van der Waals surface area contributed by atoms with Gasteiger partial charge in [0.25, 0.3) is 0 Å². The van der Waals surface area contributed by atoms with Crippen LogP contribution in [0.3, 0.4) is 0 Å². The molecule has 3 aromatic rings. The molecule has 4 atom stereocenters. The van der Waals surface area contributed by atoms with Crippen LogP contribution in [0.1, 0.15) is 46.1 Å². The SMILES string of the molecule is CN[C@@H](C)C(=O)N[C@H](C(=O)N1CCC[C@H]1CN(CCc1ccccc1)C(=O)CNS(=O)(=O)c1ccc2cc([SH+](=O)O)ccc2c1)C(C)(C)C. The van der Waals surface area contributed by atoms with Crippen molar-refractivity contribution in [1.82, 2.24) is 25.2 Å². The van der Waals surface area contributed by atoms with Crippen LogP contribution in [-0.4, -0.2) is 91.8 Å². The fourth-order valence-corrected chi connectivity index (χ4v) is 7.32. The second-order valence-corrected chi connectivity index (χ2v) is 16.3. The second-order valence-electron chi connectivity index (χ2n) is 13.5. The number of amides is 3. The predicted molar refractivity (Wildman–Crippen MR) is 191 cm³/mol. The summed E-state index contributed by atoms with van der Waals surface area (Å²) in [4.78, 5) is 44.1. The Morgan fingerprint density at radius 1 is 1.04 bits per heavy atom. The molecule has 0 saturated carbocycles. The lowest BCUT2D eigenvalue weighted by atomic mass is 9.85. The highest BCUT2D eigenvalue weighted by Gasteiger charge is 2.40. The summed E-state index contributed by atoms with van der Waals surface area (Å²) in [5.41, 5.74) is 0.442. The fraction of sp³-hybridized carbons (Fsp3) is 0.457. The number of hydrogen-bond acceptors (Lipinski definition) is 7. The molecule has 1 heterocycles. The van der Waals surface area contributed by atoms with Gasteiger partial charge >= 0.3 is 0 Å². The molecule has 0 spiro atoms. The van der Waals surface area contributed by atoms with Gasteiger partial charge in [0.05, 0.1) is 17.5 Å². The monoisotopic (exact) mass is 714 g/mol. The summed E-state index contributed by atoms with van der Waals surface area (Å²) >= 11 is -2.53. The van der Waals surface area contributed by atoms with Crippen molar-refractivity contribution < 1.29 is 31.6 Å². The first-order valence-electron chi connectivity index (χ1n) is 16.4. The van der Waals surface area contributed by atoms with Gasteiger partial charge in [0.15, 0.2) is 4.90 Å². The van der Waals surface area contributed by atoms with Gasteiger partial charge in [-0.1, -0.05) is 61.4 Å². The molecule has 49 heavy (non-hydrogen) atoms. The summed E-state index contributed by atoms with van der Waals surface area (Å²) in [5.74, 6) is -0.923. The van der Waals surface area contributed by atoms with Gasteiger partial charge in [-0.05, 0) is 79.3 Å². The minimum Gasteiger partial charge on any atom is -0.342 e. The van der Waals surface area contributed by atoms with E-state index in [-0.39, 0.29) is 34.2 Å². The predicted octanol–water partition coefficient (Wildman–Crippen LogP) is 2.85. The van der Waals surface area contributed by atoms with Gasteiger partial charge in [0.2, 0.25) is 38.8 Å². The quantitative estimate of drug-likeness (QED) is 0.146. The molecular weight excluding hydrogens is 667 g/mol. The van der Waals surface area contributed by atoms with E-state index in [1.165, 1.54) is 24.3 Å². The Morgan fingerprint density at radius 2 is 1.71 bits per heavy atom. The molecule has 1 saturated heterocycles. The fourth-order valence-electron chi connectivity index (χ4n) is 5.86. The highest BCUT2D eigenvalue weighted by molar-refractivity contribution is 7.89. The highest BCUT2D eigenvalue weighted by Crippen LogP contribution is 2.27. The van der Waals surface area contributed by atoms with Crippen LogP contribution >= 0.6 is 0 Å². The van der Waals surface area contributed by atoms with Crippen molar-refractivity contribution in [2.75, 3.05) is 33.2 Å². The molecule has 0 aromatic heterocycles. The van der Waals surface area contributed by atoms with Crippen molar-refractivity contribution in [3.05, 3.63) is 72.3 Å². The van der Waals surface area contributed by atoms with Crippen LogP contribution < -0.4 is 15.4 Å². The Morgan fingerprint density at radius 3 is 2.37 bits per heavy atom. The Kier molecular flexibility index (Phi) is 12.7. The lowest BCUT2D eigenvalue weighted by molar-refractivity contribution is -0.142. The average molecular weight is 715 g/mol.